The van der Waals surface area contributed by atoms with Crippen molar-refractivity contribution in [1.29, 1.82) is 0 Å². The van der Waals surface area contributed by atoms with Crippen molar-refractivity contribution < 1.29 is 19.5 Å². The van der Waals surface area contributed by atoms with E-state index in [1.165, 1.54) is 7.11 Å². The van der Waals surface area contributed by atoms with E-state index < -0.39 is 0 Å². The predicted octanol–water partition coefficient (Wildman–Crippen LogP) is 4.23. The summed E-state index contributed by atoms with van der Waals surface area (Å²) in [4.78, 5) is 0. The topological polar surface area (TPSA) is 75.2 Å². The molecule has 0 aliphatic rings. The van der Waals surface area contributed by atoms with E-state index in [1.54, 1.807) is 30.5 Å². The maximum absolute atomic E-state index is 9.77. The molecule has 0 unspecified atom stereocenters. The fourth-order valence-corrected chi connectivity index (χ4v) is 2.37. The molecule has 1 aromatic heterocycles. The SMILES string of the molecule is COc1cc(C=CC(CCc2ccco2)=NO)cc(Br)c1O. The zero-order valence-electron chi connectivity index (χ0n) is 12.0. The summed E-state index contributed by atoms with van der Waals surface area (Å²) in [5.41, 5.74) is 1.33. The highest BCUT2D eigenvalue weighted by atomic mass is 79.9. The number of allylic oxidation sites excluding steroid dienone is 1. The second-order valence-electron chi connectivity index (χ2n) is 4.56. The van der Waals surface area contributed by atoms with Crippen LogP contribution < -0.4 is 4.74 Å². The van der Waals surface area contributed by atoms with Gasteiger partial charge in [0, 0.05) is 12.8 Å². The fraction of sp³-hybridized carbons (Fsp3) is 0.188. The molecule has 0 atom stereocenters. The van der Waals surface area contributed by atoms with Crippen molar-refractivity contribution in [2.45, 2.75) is 12.8 Å². The molecular formula is C16H16BrNO4. The van der Waals surface area contributed by atoms with E-state index in [0.717, 1.165) is 11.3 Å². The normalized spacial score (nSPS) is 12.0. The number of halogens is 1. The Hall–Kier alpha value is -2.21. The van der Waals surface area contributed by atoms with Gasteiger partial charge in [0.2, 0.25) is 0 Å². The third kappa shape index (κ3) is 4.14. The molecule has 1 aromatic carbocycles. The fourth-order valence-electron chi connectivity index (χ4n) is 1.91. The summed E-state index contributed by atoms with van der Waals surface area (Å²) in [6, 6.07) is 7.13. The van der Waals surface area contributed by atoms with E-state index in [-0.39, 0.29) is 5.75 Å². The van der Waals surface area contributed by atoms with Gasteiger partial charge in [-0.15, -0.1) is 0 Å². The number of benzene rings is 1. The van der Waals surface area contributed by atoms with Crippen LogP contribution >= 0.6 is 15.9 Å². The molecular weight excluding hydrogens is 350 g/mol. The monoisotopic (exact) mass is 365 g/mol. The zero-order chi connectivity index (χ0) is 15.9. The summed E-state index contributed by atoms with van der Waals surface area (Å²) in [6.45, 7) is 0. The van der Waals surface area contributed by atoms with E-state index >= 15 is 0 Å². The maximum atomic E-state index is 9.77. The third-order valence-electron chi connectivity index (χ3n) is 3.07. The number of furan rings is 1. The lowest BCUT2D eigenvalue weighted by atomic mass is 10.1. The van der Waals surface area contributed by atoms with Crippen molar-refractivity contribution >= 4 is 27.7 Å². The summed E-state index contributed by atoms with van der Waals surface area (Å²) in [7, 11) is 1.49. The van der Waals surface area contributed by atoms with Crippen LogP contribution in [0.15, 0.2) is 50.7 Å². The van der Waals surface area contributed by atoms with Gasteiger partial charge in [0.1, 0.15) is 5.76 Å². The molecule has 1 heterocycles. The third-order valence-corrected chi connectivity index (χ3v) is 3.68. The molecule has 0 bridgehead atoms. The Morgan fingerprint density at radius 2 is 2.27 bits per heavy atom. The summed E-state index contributed by atoms with van der Waals surface area (Å²) in [6.07, 6.45) is 6.31. The van der Waals surface area contributed by atoms with Crippen molar-refractivity contribution in [3.8, 4) is 11.5 Å². The van der Waals surface area contributed by atoms with Crippen molar-refractivity contribution in [3.63, 3.8) is 0 Å². The van der Waals surface area contributed by atoms with Gasteiger partial charge in [-0.3, -0.25) is 0 Å². The number of hydrogen-bond acceptors (Lipinski definition) is 5. The molecule has 0 saturated heterocycles. The first kappa shape index (κ1) is 16.2. The number of aromatic hydroxyl groups is 1. The highest BCUT2D eigenvalue weighted by Gasteiger charge is 2.07. The van der Waals surface area contributed by atoms with Crippen LogP contribution in [-0.2, 0) is 6.42 Å². The van der Waals surface area contributed by atoms with Crippen LogP contribution in [0.3, 0.4) is 0 Å². The lowest BCUT2D eigenvalue weighted by Crippen LogP contribution is -1.96. The van der Waals surface area contributed by atoms with Crippen molar-refractivity contribution in [3.05, 3.63) is 52.4 Å². The van der Waals surface area contributed by atoms with Gasteiger partial charge >= 0.3 is 0 Å². The molecule has 0 aliphatic heterocycles. The highest BCUT2D eigenvalue weighted by Crippen LogP contribution is 2.35. The molecule has 2 aromatic rings. The van der Waals surface area contributed by atoms with Gasteiger partial charge in [-0.25, -0.2) is 0 Å². The van der Waals surface area contributed by atoms with Crippen LogP contribution in [0.1, 0.15) is 17.7 Å². The number of rotatable bonds is 6. The number of methoxy groups -OCH3 is 1. The lowest BCUT2D eigenvalue weighted by Gasteiger charge is -2.06. The Labute approximate surface area is 136 Å². The van der Waals surface area contributed by atoms with E-state index in [4.69, 9.17) is 14.4 Å². The number of phenols is 1. The molecule has 0 saturated carbocycles. The zero-order valence-corrected chi connectivity index (χ0v) is 13.6. The van der Waals surface area contributed by atoms with E-state index in [2.05, 4.69) is 21.1 Å². The molecule has 0 aliphatic carbocycles. The number of hydrogen-bond donors (Lipinski definition) is 2. The van der Waals surface area contributed by atoms with Gasteiger partial charge in [0.15, 0.2) is 11.5 Å². The van der Waals surface area contributed by atoms with Gasteiger partial charge in [0.05, 0.1) is 23.6 Å². The smallest absolute Gasteiger partial charge is 0.172 e. The molecule has 0 spiro atoms. The van der Waals surface area contributed by atoms with Crippen LogP contribution in [-0.4, -0.2) is 23.1 Å². The second kappa shape index (κ2) is 7.70. The number of aryl methyl sites for hydroxylation is 1. The Morgan fingerprint density at radius 3 is 2.91 bits per heavy atom. The summed E-state index contributed by atoms with van der Waals surface area (Å²) < 4.78 is 10.9. The number of oxime groups is 1. The lowest BCUT2D eigenvalue weighted by molar-refractivity contribution is 0.318. The summed E-state index contributed by atoms with van der Waals surface area (Å²) >= 11 is 3.26. The largest absolute Gasteiger partial charge is 0.503 e. The molecule has 5 nitrogen and oxygen atoms in total. The van der Waals surface area contributed by atoms with Crippen LogP contribution in [0.4, 0.5) is 0 Å². The minimum Gasteiger partial charge on any atom is -0.503 e. The van der Waals surface area contributed by atoms with Crippen LogP contribution in [0.25, 0.3) is 6.08 Å². The Bertz CT molecular complexity index is 678. The number of ether oxygens (including phenoxy) is 1. The van der Waals surface area contributed by atoms with Gasteiger partial charge in [-0.1, -0.05) is 11.2 Å². The van der Waals surface area contributed by atoms with Crippen LogP contribution in [0, 0.1) is 0 Å². The first-order valence-electron chi connectivity index (χ1n) is 6.62. The number of nitrogens with zero attached hydrogens (tertiary/aromatic N) is 1. The summed E-state index contributed by atoms with van der Waals surface area (Å²) in [5.74, 6) is 1.25. The minimum absolute atomic E-state index is 0.0496. The average Bonchev–Trinajstić information content (AvgIpc) is 3.04. The quantitative estimate of drug-likeness (QED) is 0.456. The molecule has 6 heteroatoms. The van der Waals surface area contributed by atoms with Crippen molar-refractivity contribution in [1.82, 2.24) is 0 Å². The predicted molar refractivity (Wildman–Crippen MR) is 87.6 cm³/mol. The molecule has 0 radical (unpaired) electrons. The molecule has 2 rings (SSSR count). The molecule has 0 fully saturated rings. The van der Waals surface area contributed by atoms with Gasteiger partial charge < -0.3 is 19.5 Å². The Kier molecular flexibility index (Phi) is 5.66. The van der Waals surface area contributed by atoms with Crippen LogP contribution in [0.5, 0.6) is 11.5 Å². The molecule has 116 valence electrons. The Morgan fingerprint density at radius 1 is 1.45 bits per heavy atom. The first-order valence-corrected chi connectivity index (χ1v) is 7.41. The summed E-state index contributed by atoms with van der Waals surface area (Å²) in [5, 5.41) is 22.1. The van der Waals surface area contributed by atoms with Crippen molar-refractivity contribution in [2.24, 2.45) is 5.16 Å². The highest BCUT2D eigenvalue weighted by molar-refractivity contribution is 9.10. The van der Waals surface area contributed by atoms with E-state index in [9.17, 15) is 5.11 Å². The van der Waals surface area contributed by atoms with Gasteiger partial charge in [0.25, 0.3) is 0 Å². The van der Waals surface area contributed by atoms with Crippen LogP contribution in [0.2, 0.25) is 0 Å². The van der Waals surface area contributed by atoms with E-state index in [0.29, 0.717) is 28.8 Å². The maximum Gasteiger partial charge on any atom is 0.172 e. The van der Waals surface area contributed by atoms with Crippen molar-refractivity contribution in [2.75, 3.05) is 7.11 Å². The molecule has 22 heavy (non-hydrogen) atoms. The minimum atomic E-state index is 0.0496. The molecule has 0 amide bonds. The van der Waals surface area contributed by atoms with E-state index in [1.807, 2.05) is 12.1 Å². The number of phenolic OH excluding ortho intramolecular Hbond substituents is 1. The standard InChI is InChI=1S/C16H16BrNO4/c1-21-15-10-11(9-14(17)16(15)19)4-5-12(18-20)6-7-13-3-2-8-22-13/h2-5,8-10,19-20H,6-7H2,1H3. The second-order valence-corrected chi connectivity index (χ2v) is 5.41. The molecule has 2 N–H and O–H groups in total. The Balaban J connectivity index is 2.07. The average molecular weight is 366 g/mol. The van der Waals surface area contributed by atoms with Gasteiger partial charge in [-0.05, 0) is 51.8 Å². The van der Waals surface area contributed by atoms with Gasteiger partial charge in [-0.2, -0.15) is 0 Å². The first-order chi connectivity index (χ1) is 10.6.